The molecule has 126 valence electrons. The van der Waals surface area contributed by atoms with Gasteiger partial charge in [0, 0.05) is 5.92 Å². The number of carbonyl (C=O) groups is 1. The van der Waals surface area contributed by atoms with Crippen molar-refractivity contribution < 1.29 is 9.53 Å². The molecule has 1 saturated heterocycles. The molecule has 0 radical (unpaired) electrons. The number of amides is 1. The van der Waals surface area contributed by atoms with Gasteiger partial charge in [0.25, 0.3) is 0 Å². The molecule has 1 unspecified atom stereocenters. The third kappa shape index (κ3) is 3.29. The van der Waals surface area contributed by atoms with Crippen LogP contribution in [0.3, 0.4) is 0 Å². The number of hydrogen-bond donors (Lipinski definition) is 1. The molecule has 1 aromatic carbocycles. The average Bonchev–Trinajstić information content (AvgIpc) is 3.03. The van der Waals surface area contributed by atoms with Gasteiger partial charge < -0.3 is 15.4 Å². The molecule has 0 bridgehead atoms. The van der Waals surface area contributed by atoms with Crippen molar-refractivity contribution in [1.82, 2.24) is 4.90 Å². The molecule has 23 heavy (non-hydrogen) atoms. The summed E-state index contributed by atoms with van der Waals surface area (Å²) in [6, 6.07) is 10.2. The van der Waals surface area contributed by atoms with E-state index in [0.29, 0.717) is 25.6 Å². The Bertz CT molecular complexity index is 544. The minimum absolute atomic E-state index is 0.0362. The van der Waals surface area contributed by atoms with E-state index >= 15 is 0 Å². The highest BCUT2D eigenvalue weighted by molar-refractivity contribution is 5.80. The van der Waals surface area contributed by atoms with Crippen molar-refractivity contribution in [2.45, 2.75) is 44.8 Å². The van der Waals surface area contributed by atoms with Crippen molar-refractivity contribution >= 4 is 5.91 Å². The van der Waals surface area contributed by atoms with Gasteiger partial charge in [-0.1, -0.05) is 36.8 Å². The minimum Gasteiger partial charge on any atom is -0.369 e. The summed E-state index contributed by atoms with van der Waals surface area (Å²) < 4.78 is 6.06. The Morgan fingerprint density at radius 3 is 2.74 bits per heavy atom. The van der Waals surface area contributed by atoms with Crippen LogP contribution in [0.25, 0.3) is 0 Å². The largest absolute Gasteiger partial charge is 0.369 e. The number of nitrogens with zero attached hydrogens (tertiary/aromatic N) is 1. The second-order valence-corrected chi connectivity index (χ2v) is 7.50. The van der Waals surface area contributed by atoms with Crippen molar-refractivity contribution in [3.05, 3.63) is 35.9 Å². The lowest BCUT2D eigenvalue weighted by molar-refractivity contribution is -0.160. The highest BCUT2D eigenvalue weighted by Gasteiger charge is 2.43. The van der Waals surface area contributed by atoms with Crippen LogP contribution in [0.5, 0.6) is 0 Å². The summed E-state index contributed by atoms with van der Waals surface area (Å²) in [7, 11) is 0. The van der Waals surface area contributed by atoms with E-state index in [9.17, 15) is 4.79 Å². The van der Waals surface area contributed by atoms with E-state index in [4.69, 9.17) is 10.5 Å². The summed E-state index contributed by atoms with van der Waals surface area (Å²) >= 11 is 0. The topological polar surface area (TPSA) is 55.6 Å². The number of morpholine rings is 1. The van der Waals surface area contributed by atoms with Crippen LogP contribution in [0.2, 0.25) is 0 Å². The molecule has 1 aromatic rings. The van der Waals surface area contributed by atoms with E-state index in [1.54, 1.807) is 0 Å². The molecular weight excluding hydrogens is 288 g/mol. The Labute approximate surface area is 139 Å². The van der Waals surface area contributed by atoms with Crippen LogP contribution in [0, 0.1) is 11.8 Å². The van der Waals surface area contributed by atoms with Gasteiger partial charge in [-0.25, -0.2) is 0 Å². The predicted octanol–water partition coefficient (Wildman–Crippen LogP) is 2.74. The van der Waals surface area contributed by atoms with Crippen LogP contribution in [-0.4, -0.2) is 36.0 Å². The summed E-state index contributed by atoms with van der Waals surface area (Å²) in [5.41, 5.74) is 6.76. The van der Waals surface area contributed by atoms with Crippen molar-refractivity contribution in [3.8, 4) is 0 Å². The highest BCUT2D eigenvalue weighted by atomic mass is 16.5. The third-order valence-electron chi connectivity index (χ3n) is 5.43. The zero-order chi connectivity index (χ0) is 16.4. The average molecular weight is 316 g/mol. The maximum absolute atomic E-state index is 13.2. The molecule has 2 N–H and O–H groups in total. The van der Waals surface area contributed by atoms with E-state index in [-0.39, 0.29) is 23.5 Å². The lowest BCUT2D eigenvalue weighted by Crippen LogP contribution is -2.58. The molecule has 4 nitrogen and oxygen atoms in total. The second-order valence-electron chi connectivity index (χ2n) is 7.50. The Balaban J connectivity index is 1.79. The van der Waals surface area contributed by atoms with Crippen LogP contribution in [0.15, 0.2) is 30.3 Å². The van der Waals surface area contributed by atoms with Crippen molar-refractivity contribution in [1.29, 1.82) is 0 Å². The van der Waals surface area contributed by atoms with Crippen LogP contribution >= 0.6 is 0 Å². The van der Waals surface area contributed by atoms with Crippen molar-refractivity contribution in [2.75, 3.05) is 19.7 Å². The van der Waals surface area contributed by atoms with Gasteiger partial charge in [-0.05, 0) is 44.7 Å². The maximum atomic E-state index is 13.2. The summed E-state index contributed by atoms with van der Waals surface area (Å²) in [6.45, 7) is 6.00. The zero-order valence-corrected chi connectivity index (χ0v) is 14.2. The van der Waals surface area contributed by atoms with Gasteiger partial charge in [0.2, 0.25) is 5.91 Å². The molecule has 1 aliphatic heterocycles. The van der Waals surface area contributed by atoms with E-state index in [1.807, 2.05) is 23.1 Å². The third-order valence-corrected chi connectivity index (χ3v) is 5.43. The number of hydrogen-bond acceptors (Lipinski definition) is 3. The fourth-order valence-electron chi connectivity index (χ4n) is 3.95. The predicted molar refractivity (Wildman–Crippen MR) is 90.8 cm³/mol. The van der Waals surface area contributed by atoms with E-state index in [1.165, 1.54) is 0 Å². The van der Waals surface area contributed by atoms with E-state index < -0.39 is 0 Å². The SMILES string of the molecule is CC1(C)COC(c2ccccc2)CN1C(=O)[C@@H]1CCC[C@@H]1CN. The summed E-state index contributed by atoms with van der Waals surface area (Å²) in [5.74, 6) is 0.706. The monoisotopic (exact) mass is 316 g/mol. The maximum Gasteiger partial charge on any atom is 0.226 e. The Hall–Kier alpha value is -1.39. The Morgan fingerprint density at radius 2 is 2.04 bits per heavy atom. The first-order valence-corrected chi connectivity index (χ1v) is 8.71. The first-order valence-electron chi connectivity index (χ1n) is 8.71. The first-order chi connectivity index (χ1) is 11.0. The number of rotatable bonds is 3. The second kappa shape index (κ2) is 6.62. The first kappa shape index (κ1) is 16.5. The van der Waals surface area contributed by atoms with Gasteiger partial charge in [-0.3, -0.25) is 4.79 Å². The van der Waals surface area contributed by atoms with Crippen LogP contribution in [-0.2, 0) is 9.53 Å². The lowest BCUT2D eigenvalue weighted by Gasteiger charge is -2.47. The molecule has 3 atom stereocenters. The molecule has 0 aromatic heterocycles. The summed E-state index contributed by atoms with van der Waals surface area (Å²) in [5, 5.41) is 0. The van der Waals surface area contributed by atoms with Gasteiger partial charge in [-0.15, -0.1) is 0 Å². The number of carbonyl (C=O) groups excluding carboxylic acids is 1. The van der Waals surface area contributed by atoms with E-state index in [2.05, 4.69) is 26.0 Å². The number of ether oxygens (including phenoxy) is 1. The molecular formula is C19H28N2O2. The molecule has 1 heterocycles. The van der Waals surface area contributed by atoms with Crippen molar-refractivity contribution in [2.24, 2.45) is 17.6 Å². The summed E-state index contributed by atoms with van der Waals surface area (Å²) in [6.07, 6.45) is 3.14. The number of benzene rings is 1. The quantitative estimate of drug-likeness (QED) is 0.933. The zero-order valence-electron chi connectivity index (χ0n) is 14.2. The van der Waals surface area contributed by atoms with Gasteiger partial charge in [0.05, 0.1) is 18.7 Å². The van der Waals surface area contributed by atoms with Gasteiger partial charge in [0.1, 0.15) is 6.10 Å². The molecule has 4 heteroatoms. The smallest absolute Gasteiger partial charge is 0.226 e. The highest BCUT2D eigenvalue weighted by Crippen LogP contribution is 2.37. The number of nitrogens with two attached hydrogens (primary N) is 1. The Morgan fingerprint density at radius 1 is 1.30 bits per heavy atom. The molecule has 2 fully saturated rings. The standard InChI is InChI=1S/C19H28N2O2/c1-19(2)13-23-17(14-7-4-3-5-8-14)12-21(19)18(22)16-10-6-9-15(16)11-20/h3-5,7-8,15-17H,6,9-13,20H2,1-2H3/t15-,16-,17?/m1/s1. The van der Waals surface area contributed by atoms with Gasteiger partial charge in [0.15, 0.2) is 0 Å². The van der Waals surface area contributed by atoms with Gasteiger partial charge >= 0.3 is 0 Å². The molecule has 0 spiro atoms. The molecule has 1 saturated carbocycles. The van der Waals surface area contributed by atoms with Crippen LogP contribution < -0.4 is 5.73 Å². The molecule has 1 amide bonds. The molecule has 2 aliphatic rings. The van der Waals surface area contributed by atoms with E-state index in [0.717, 1.165) is 24.8 Å². The van der Waals surface area contributed by atoms with Crippen molar-refractivity contribution in [3.63, 3.8) is 0 Å². The fraction of sp³-hybridized carbons (Fsp3) is 0.632. The normalized spacial score (nSPS) is 30.4. The molecule has 1 aliphatic carbocycles. The Kier molecular flexibility index (Phi) is 4.74. The van der Waals surface area contributed by atoms with Crippen LogP contribution in [0.4, 0.5) is 0 Å². The lowest BCUT2D eigenvalue weighted by atomic mass is 9.90. The summed E-state index contributed by atoms with van der Waals surface area (Å²) in [4.78, 5) is 15.2. The van der Waals surface area contributed by atoms with Gasteiger partial charge in [-0.2, -0.15) is 0 Å². The minimum atomic E-state index is -0.260. The molecule has 3 rings (SSSR count). The van der Waals surface area contributed by atoms with Crippen LogP contribution in [0.1, 0.15) is 44.8 Å². The fourth-order valence-corrected chi connectivity index (χ4v) is 3.95.